The maximum absolute atomic E-state index is 12.6. The molecule has 1 aliphatic heterocycles. The molecule has 1 unspecified atom stereocenters. The molecular weight excluding hydrogens is 296 g/mol. The second kappa shape index (κ2) is 6.17. The van der Waals surface area contributed by atoms with Crippen molar-refractivity contribution in [3.05, 3.63) is 18.0 Å². The Kier molecular flexibility index (Phi) is 4.70. The van der Waals surface area contributed by atoms with Gasteiger partial charge in [-0.2, -0.15) is 4.31 Å². The summed E-state index contributed by atoms with van der Waals surface area (Å²) >= 11 is 0. The van der Waals surface area contributed by atoms with Gasteiger partial charge in [0.1, 0.15) is 10.6 Å². The predicted molar refractivity (Wildman–Crippen MR) is 75.9 cm³/mol. The van der Waals surface area contributed by atoms with Crippen molar-refractivity contribution in [3.8, 4) is 0 Å². The third kappa shape index (κ3) is 3.12. The highest BCUT2D eigenvalue weighted by atomic mass is 32.2. The van der Waals surface area contributed by atoms with Gasteiger partial charge in [-0.15, -0.1) is 0 Å². The highest BCUT2D eigenvalue weighted by molar-refractivity contribution is 7.89. The first-order chi connectivity index (χ1) is 9.87. The van der Waals surface area contributed by atoms with Crippen LogP contribution in [-0.2, 0) is 21.3 Å². The number of hydrogen-bond acceptors (Lipinski definition) is 4. The van der Waals surface area contributed by atoms with Gasteiger partial charge in [0, 0.05) is 26.4 Å². The van der Waals surface area contributed by atoms with E-state index in [2.05, 4.69) is 0 Å². The van der Waals surface area contributed by atoms with Crippen LogP contribution in [0.2, 0.25) is 0 Å². The molecule has 2 rings (SSSR count). The smallest absolute Gasteiger partial charge is 0.352 e. The summed E-state index contributed by atoms with van der Waals surface area (Å²) < 4.78 is 33.1. The van der Waals surface area contributed by atoms with Gasteiger partial charge >= 0.3 is 5.97 Å². The van der Waals surface area contributed by atoms with Crippen molar-refractivity contribution in [1.29, 1.82) is 0 Å². The molecule has 1 aromatic heterocycles. The van der Waals surface area contributed by atoms with Crippen LogP contribution in [0.3, 0.4) is 0 Å². The molecule has 1 fully saturated rings. The molecule has 1 saturated heterocycles. The number of sulfonamides is 1. The summed E-state index contributed by atoms with van der Waals surface area (Å²) in [6, 6.07) is 1.03. The number of carboxylic acids is 1. The standard InChI is InChI=1S/C13H20N2O5S/c1-3-5-15-8-11(7-12(15)13(16)17)21(18,19)14(2)10-4-6-20-9-10/h7-8,10H,3-6,9H2,1-2H3,(H,16,17). The quantitative estimate of drug-likeness (QED) is 0.846. The summed E-state index contributed by atoms with van der Waals surface area (Å²) in [5, 5.41) is 9.17. The summed E-state index contributed by atoms with van der Waals surface area (Å²) in [6.45, 7) is 3.29. The van der Waals surface area contributed by atoms with Crippen molar-refractivity contribution in [2.45, 2.75) is 37.2 Å². The van der Waals surface area contributed by atoms with Gasteiger partial charge < -0.3 is 14.4 Å². The summed E-state index contributed by atoms with van der Waals surface area (Å²) in [7, 11) is -2.20. The van der Waals surface area contributed by atoms with Gasteiger partial charge in [-0.25, -0.2) is 13.2 Å². The van der Waals surface area contributed by atoms with Crippen LogP contribution in [0, 0.1) is 0 Å². The highest BCUT2D eigenvalue weighted by Crippen LogP contribution is 2.23. The molecule has 118 valence electrons. The molecule has 0 saturated carbocycles. The topological polar surface area (TPSA) is 88.8 Å². The molecular formula is C13H20N2O5S. The van der Waals surface area contributed by atoms with Crippen molar-refractivity contribution >= 4 is 16.0 Å². The lowest BCUT2D eigenvalue weighted by Crippen LogP contribution is -2.37. The monoisotopic (exact) mass is 316 g/mol. The molecule has 8 heteroatoms. The Morgan fingerprint density at radius 3 is 2.81 bits per heavy atom. The predicted octanol–water partition coefficient (Wildman–Crippen LogP) is 1.01. The maximum atomic E-state index is 12.6. The fourth-order valence-corrected chi connectivity index (χ4v) is 3.81. The van der Waals surface area contributed by atoms with Gasteiger partial charge in [0.2, 0.25) is 10.0 Å². The molecule has 1 aromatic rings. The zero-order valence-electron chi connectivity index (χ0n) is 12.2. The van der Waals surface area contributed by atoms with Crippen LogP contribution in [0.25, 0.3) is 0 Å². The van der Waals surface area contributed by atoms with E-state index in [4.69, 9.17) is 4.74 Å². The van der Waals surface area contributed by atoms with E-state index in [-0.39, 0.29) is 16.6 Å². The van der Waals surface area contributed by atoms with Crippen molar-refractivity contribution in [2.24, 2.45) is 0 Å². The van der Waals surface area contributed by atoms with Crippen molar-refractivity contribution in [2.75, 3.05) is 20.3 Å². The van der Waals surface area contributed by atoms with E-state index in [0.717, 1.165) is 6.42 Å². The van der Waals surface area contributed by atoms with Crippen molar-refractivity contribution in [1.82, 2.24) is 8.87 Å². The van der Waals surface area contributed by atoms with Gasteiger partial charge in [-0.1, -0.05) is 6.92 Å². The molecule has 0 amide bonds. The molecule has 0 aromatic carbocycles. The second-order valence-electron chi connectivity index (χ2n) is 5.10. The Bertz CT molecular complexity index is 617. The fraction of sp³-hybridized carbons (Fsp3) is 0.615. The van der Waals surface area contributed by atoms with Crippen molar-refractivity contribution in [3.63, 3.8) is 0 Å². The van der Waals surface area contributed by atoms with Gasteiger partial charge in [-0.05, 0) is 18.9 Å². The number of aryl methyl sites for hydroxylation is 1. The molecule has 0 bridgehead atoms. The van der Waals surface area contributed by atoms with Gasteiger partial charge in [0.25, 0.3) is 0 Å². The Labute approximate surface area is 124 Å². The Balaban J connectivity index is 2.35. The third-order valence-corrected chi connectivity index (χ3v) is 5.53. The highest BCUT2D eigenvalue weighted by Gasteiger charge is 2.32. The average molecular weight is 316 g/mol. The van der Waals surface area contributed by atoms with Crippen molar-refractivity contribution < 1.29 is 23.1 Å². The number of nitrogens with zero attached hydrogens (tertiary/aromatic N) is 2. The lowest BCUT2D eigenvalue weighted by Gasteiger charge is -2.21. The van der Waals surface area contributed by atoms with Crippen LogP contribution in [0.1, 0.15) is 30.3 Å². The number of likely N-dealkylation sites (N-methyl/N-ethyl adjacent to an activating group) is 1. The first-order valence-corrected chi connectivity index (χ1v) is 8.31. The zero-order valence-corrected chi connectivity index (χ0v) is 13.0. The second-order valence-corrected chi connectivity index (χ2v) is 7.10. The fourth-order valence-electron chi connectivity index (χ4n) is 2.40. The molecule has 0 aliphatic carbocycles. The van der Waals surface area contributed by atoms with E-state index >= 15 is 0 Å². The van der Waals surface area contributed by atoms with E-state index in [0.29, 0.717) is 26.2 Å². The molecule has 21 heavy (non-hydrogen) atoms. The lowest BCUT2D eigenvalue weighted by molar-refractivity contribution is 0.0685. The SMILES string of the molecule is CCCn1cc(S(=O)(=O)N(C)C2CCOC2)cc1C(=O)O. The van der Waals surface area contributed by atoms with E-state index in [1.54, 1.807) is 0 Å². The minimum Gasteiger partial charge on any atom is -0.477 e. The summed E-state index contributed by atoms with van der Waals surface area (Å²) in [4.78, 5) is 11.2. The van der Waals surface area contributed by atoms with E-state index in [1.807, 2.05) is 6.92 Å². The number of ether oxygens (including phenoxy) is 1. The number of aromatic carboxylic acids is 1. The maximum Gasteiger partial charge on any atom is 0.352 e. The Morgan fingerprint density at radius 2 is 2.29 bits per heavy atom. The first-order valence-electron chi connectivity index (χ1n) is 6.87. The molecule has 0 radical (unpaired) electrons. The first kappa shape index (κ1) is 16.0. The molecule has 0 spiro atoms. The van der Waals surface area contributed by atoms with Gasteiger partial charge in [0.15, 0.2) is 0 Å². The molecule has 2 heterocycles. The average Bonchev–Trinajstić information content (AvgIpc) is 3.07. The number of carboxylic acid groups (broad SMARTS) is 1. The summed E-state index contributed by atoms with van der Waals surface area (Å²) in [5.41, 5.74) is -0.00787. The Hall–Kier alpha value is -1.38. The van der Waals surface area contributed by atoms with Crippen LogP contribution in [0.4, 0.5) is 0 Å². The minimum absolute atomic E-state index is 0.00787. The lowest BCUT2D eigenvalue weighted by atomic mass is 10.3. The number of hydrogen-bond donors (Lipinski definition) is 1. The third-order valence-electron chi connectivity index (χ3n) is 3.65. The van der Waals surface area contributed by atoms with E-state index < -0.39 is 16.0 Å². The van der Waals surface area contributed by atoms with Crippen LogP contribution >= 0.6 is 0 Å². The molecule has 1 atom stereocenters. The number of aromatic nitrogens is 1. The van der Waals surface area contributed by atoms with Crippen LogP contribution in [-0.4, -0.2) is 54.7 Å². The van der Waals surface area contributed by atoms with Crippen LogP contribution < -0.4 is 0 Å². The number of rotatable bonds is 6. The Morgan fingerprint density at radius 1 is 1.57 bits per heavy atom. The summed E-state index contributed by atoms with van der Waals surface area (Å²) in [5.74, 6) is -1.13. The summed E-state index contributed by atoms with van der Waals surface area (Å²) in [6.07, 6.45) is 2.77. The zero-order chi connectivity index (χ0) is 15.6. The number of carbonyl (C=O) groups is 1. The normalized spacial score (nSPS) is 19.3. The minimum atomic E-state index is -3.71. The molecule has 7 nitrogen and oxygen atoms in total. The van der Waals surface area contributed by atoms with E-state index in [1.165, 1.54) is 28.2 Å². The molecule has 1 N–H and O–H groups in total. The van der Waals surface area contributed by atoms with E-state index in [9.17, 15) is 18.3 Å². The van der Waals surface area contributed by atoms with Crippen LogP contribution in [0.5, 0.6) is 0 Å². The largest absolute Gasteiger partial charge is 0.477 e. The molecule has 1 aliphatic rings. The van der Waals surface area contributed by atoms with Gasteiger partial charge in [0.05, 0.1) is 12.6 Å². The van der Waals surface area contributed by atoms with Crippen LogP contribution in [0.15, 0.2) is 17.2 Å². The van der Waals surface area contributed by atoms with Gasteiger partial charge in [-0.3, -0.25) is 0 Å².